The predicted molar refractivity (Wildman–Crippen MR) is 90.2 cm³/mol. The fourth-order valence-corrected chi connectivity index (χ4v) is 3.99. The summed E-state index contributed by atoms with van der Waals surface area (Å²) in [5.41, 5.74) is 2.73. The molecule has 0 aromatic heterocycles. The number of amides is 1. The van der Waals surface area contributed by atoms with E-state index in [0.717, 1.165) is 38.4 Å². The molecule has 2 aliphatic heterocycles. The van der Waals surface area contributed by atoms with Gasteiger partial charge < -0.3 is 9.80 Å². The number of thioether (sulfide) groups is 1. The molecule has 0 radical (unpaired) electrons. The number of hydrogen-bond donors (Lipinski definition) is 0. The summed E-state index contributed by atoms with van der Waals surface area (Å²) in [6.45, 7) is 5.12. The van der Waals surface area contributed by atoms with Crippen molar-refractivity contribution in [3.8, 4) is 0 Å². The third-order valence-corrected chi connectivity index (χ3v) is 5.48. The van der Waals surface area contributed by atoms with Crippen molar-refractivity contribution in [2.45, 2.75) is 19.8 Å². The first-order valence-electron chi connectivity index (χ1n) is 7.87. The van der Waals surface area contributed by atoms with Gasteiger partial charge in [-0.15, -0.1) is 0 Å². The maximum absolute atomic E-state index is 12.1. The van der Waals surface area contributed by atoms with E-state index in [1.807, 2.05) is 4.90 Å². The van der Waals surface area contributed by atoms with Gasteiger partial charge in [0.1, 0.15) is 0 Å². The van der Waals surface area contributed by atoms with Crippen LogP contribution in [0.25, 0.3) is 0 Å². The summed E-state index contributed by atoms with van der Waals surface area (Å²) in [5.74, 6) is 1.33. The Bertz CT molecular complexity index is 576. The van der Waals surface area contributed by atoms with Gasteiger partial charge in [0.2, 0.25) is 5.91 Å². The summed E-state index contributed by atoms with van der Waals surface area (Å²) in [7, 11) is 0. The number of benzene rings is 1. The molecular formula is C17H22N2O2S. The first kappa shape index (κ1) is 15.4. The van der Waals surface area contributed by atoms with Gasteiger partial charge in [-0.25, -0.2) is 0 Å². The molecule has 1 aromatic rings. The van der Waals surface area contributed by atoms with Gasteiger partial charge in [-0.3, -0.25) is 9.59 Å². The number of fused-ring (bicyclic) bond motifs is 1. The van der Waals surface area contributed by atoms with E-state index in [-0.39, 0.29) is 11.0 Å². The van der Waals surface area contributed by atoms with Gasteiger partial charge in [-0.1, -0.05) is 30.0 Å². The Labute approximate surface area is 135 Å². The number of para-hydroxylation sites is 1. The highest BCUT2D eigenvalue weighted by molar-refractivity contribution is 8.13. The topological polar surface area (TPSA) is 40.6 Å². The molecule has 22 heavy (non-hydrogen) atoms. The van der Waals surface area contributed by atoms with Gasteiger partial charge >= 0.3 is 0 Å². The second-order valence-electron chi connectivity index (χ2n) is 6.08. The van der Waals surface area contributed by atoms with Crippen molar-refractivity contribution in [2.24, 2.45) is 5.92 Å². The quantitative estimate of drug-likeness (QED) is 0.834. The molecule has 1 fully saturated rings. The van der Waals surface area contributed by atoms with E-state index in [9.17, 15) is 9.59 Å². The molecule has 1 saturated heterocycles. The highest BCUT2D eigenvalue weighted by atomic mass is 32.2. The largest absolute Gasteiger partial charge is 0.369 e. The Morgan fingerprint density at radius 3 is 2.86 bits per heavy atom. The van der Waals surface area contributed by atoms with Crippen molar-refractivity contribution < 1.29 is 9.59 Å². The lowest BCUT2D eigenvalue weighted by Gasteiger charge is -2.24. The fraction of sp³-hybridized carbons (Fsp3) is 0.529. The lowest BCUT2D eigenvalue weighted by Crippen LogP contribution is -2.35. The van der Waals surface area contributed by atoms with E-state index in [4.69, 9.17) is 0 Å². The highest BCUT2D eigenvalue weighted by Crippen LogP contribution is 2.28. The van der Waals surface area contributed by atoms with Gasteiger partial charge in [0.15, 0.2) is 5.12 Å². The van der Waals surface area contributed by atoms with E-state index in [0.29, 0.717) is 12.3 Å². The number of hydrogen-bond acceptors (Lipinski definition) is 4. The summed E-state index contributed by atoms with van der Waals surface area (Å²) in [6, 6.07) is 8.52. The van der Waals surface area contributed by atoms with E-state index >= 15 is 0 Å². The molecule has 2 heterocycles. The summed E-state index contributed by atoms with van der Waals surface area (Å²) in [5, 5.41) is 0.138. The van der Waals surface area contributed by atoms with Crippen LogP contribution >= 0.6 is 11.8 Å². The van der Waals surface area contributed by atoms with E-state index in [2.05, 4.69) is 29.2 Å². The minimum Gasteiger partial charge on any atom is -0.369 e. The van der Waals surface area contributed by atoms with Gasteiger partial charge in [0, 0.05) is 51.0 Å². The highest BCUT2D eigenvalue weighted by Gasteiger charge is 2.30. The molecule has 0 N–H and O–H groups in total. The number of nitrogens with zero attached hydrogens (tertiary/aromatic N) is 2. The molecule has 1 amide bonds. The molecular weight excluding hydrogens is 296 g/mol. The van der Waals surface area contributed by atoms with E-state index < -0.39 is 0 Å². The van der Waals surface area contributed by atoms with Gasteiger partial charge in [-0.05, 0) is 24.0 Å². The van der Waals surface area contributed by atoms with Gasteiger partial charge in [0.25, 0.3) is 0 Å². The van der Waals surface area contributed by atoms with E-state index in [1.165, 1.54) is 23.0 Å². The Morgan fingerprint density at radius 1 is 1.27 bits per heavy atom. The van der Waals surface area contributed by atoms with Crippen LogP contribution in [-0.4, -0.2) is 47.9 Å². The summed E-state index contributed by atoms with van der Waals surface area (Å²) >= 11 is 1.34. The van der Waals surface area contributed by atoms with Crippen molar-refractivity contribution >= 4 is 28.5 Å². The SMILES string of the molecule is CC(=O)SCC1CC(=O)N(CCN2CCc3ccccc32)C1. The first-order valence-corrected chi connectivity index (χ1v) is 8.86. The second kappa shape index (κ2) is 6.73. The molecule has 0 saturated carbocycles. The van der Waals surface area contributed by atoms with Gasteiger partial charge in [0.05, 0.1) is 0 Å². The van der Waals surface area contributed by atoms with Crippen LogP contribution in [0.1, 0.15) is 18.9 Å². The molecule has 0 aliphatic carbocycles. The number of carbonyl (C=O) groups is 2. The first-order chi connectivity index (χ1) is 10.6. The minimum absolute atomic E-state index is 0.138. The van der Waals surface area contributed by atoms with Gasteiger partial charge in [-0.2, -0.15) is 0 Å². The number of rotatable bonds is 5. The fourth-order valence-electron chi connectivity index (χ4n) is 3.30. The molecule has 0 spiro atoms. The molecule has 2 aliphatic rings. The third kappa shape index (κ3) is 3.46. The molecule has 4 nitrogen and oxygen atoms in total. The van der Waals surface area contributed by atoms with Crippen LogP contribution in [0.2, 0.25) is 0 Å². The number of carbonyl (C=O) groups excluding carboxylic acids is 2. The minimum atomic E-state index is 0.138. The molecule has 1 aromatic carbocycles. The number of likely N-dealkylation sites (tertiary alicyclic amines) is 1. The lowest BCUT2D eigenvalue weighted by molar-refractivity contribution is -0.127. The van der Waals surface area contributed by atoms with Crippen LogP contribution < -0.4 is 4.90 Å². The average molecular weight is 318 g/mol. The van der Waals surface area contributed by atoms with Crippen LogP contribution in [0.5, 0.6) is 0 Å². The Hall–Kier alpha value is -1.49. The van der Waals surface area contributed by atoms with Crippen molar-refractivity contribution in [3.63, 3.8) is 0 Å². The van der Waals surface area contributed by atoms with Crippen molar-refractivity contribution in [3.05, 3.63) is 29.8 Å². The van der Waals surface area contributed by atoms with Crippen molar-refractivity contribution in [2.75, 3.05) is 36.8 Å². The third-order valence-electron chi connectivity index (χ3n) is 4.44. The number of anilines is 1. The normalized spacial score (nSPS) is 20.6. The smallest absolute Gasteiger partial charge is 0.223 e. The zero-order valence-electron chi connectivity index (χ0n) is 13.0. The average Bonchev–Trinajstić information content (AvgIpc) is 3.07. The van der Waals surface area contributed by atoms with Crippen LogP contribution in [0, 0.1) is 5.92 Å². The molecule has 5 heteroatoms. The maximum atomic E-state index is 12.1. The van der Waals surface area contributed by atoms with Crippen molar-refractivity contribution in [1.29, 1.82) is 0 Å². The standard InChI is InChI=1S/C17H22N2O2S/c1-13(20)22-12-14-10-17(21)19(11-14)9-8-18-7-6-15-4-2-3-5-16(15)18/h2-5,14H,6-12H2,1H3. The molecule has 0 bridgehead atoms. The lowest BCUT2D eigenvalue weighted by atomic mass is 10.1. The van der Waals surface area contributed by atoms with Crippen LogP contribution in [-0.2, 0) is 16.0 Å². The Kier molecular flexibility index (Phi) is 4.71. The van der Waals surface area contributed by atoms with Crippen LogP contribution in [0.15, 0.2) is 24.3 Å². The van der Waals surface area contributed by atoms with Crippen molar-refractivity contribution in [1.82, 2.24) is 4.90 Å². The predicted octanol–water partition coefficient (Wildman–Crippen LogP) is 2.18. The molecule has 118 valence electrons. The molecule has 1 atom stereocenters. The van der Waals surface area contributed by atoms with E-state index in [1.54, 1.807) is 6.92 Å². The zero-order valence-corrected chi connectivity index (χ0v) is 13.8. The second-order valence-corrected chi connectivity index (χ2v) is 7.28. The summed E-state index contributed by atoms with van der Waals surface area (Å²) in [4.78, 5) is 27.5. The molecule has 3 rings (SSSR count). The Morgan fingerprint density at radius 2 is 2.05 bits per heavy atom. The summed E-state index contributed by atoms with van der Waals surface area (Å²) < 4.78 is 0. The zero-order chi connectivity index (χ0) is 15.5. The Balaban J connectivity index is 1.50. The monoisotopic (exact) mass is 318 g/mol. The van der Waals surface area contributed by atoms with Crippen LogP contribution in [0.4, 0.5) is 5.69 Å². The summed E-state index contributed by atoms with van der Waals surface area (Å²) in [6.07, 6.45) is 1.69. The van der Waals surface area contributed by atoms with Crippen LogP contribution in [0.3, 0.4) is 0 Å². The maximum Gasteiger partial charge on any atom is 0.223 e. The molecule has 1 unspecified atom stereocenters.